The molecule has 214 valence electrons. The van der Waals surface area contributed by atoms with Crippen LogP contribution in [0.1, 0.15) is 34.6 Å². The van der Waals surface area contributed by atoms with E-state index in [2.05, 4.69) is 13.2 Å². The van der Waals surface area contributed by atoms with Gasteiger partial charge in [-0.05, 0) is 62.4 Å². The highest BCUT2D eigenvalue weighted by atomic mass is 32.2. The summed E-state index contributed by atoms with van der Waals surface area (Å²) in [6.07, 6.45) is 13.9. The maximum absolute atomic E-state index is 14.3. The van der Waals surface area contributed by atoms with E-state index in [4.69, 9.17) is 0 Å². The number of carbonyl (C=O) groups excluding carboxylic acids is 2. The molecule has 2 aliphatic heterocycles. The minimum absolute atomic E-state index is 0.00366. The largest absolute Gasteiger partial charge is 0.287 e. The fraction of sp³-hybridized carbons (Fsp3) is 0.0625. The number of hydrogen-bond donors (Lipinski definition) is 0. The van der Waals surface area contributed by atoms with Gasteiger partial charge in [0.1, 0.15) is 11.4 Å². The van der Waals surface area contributed by atoms with E-state index < -0.39 is 43.0 Å². The van der Waals surface area contributed by atoms with Gasteiger partial charge in [0.05, 0.1) is 21.2 Å². The maximum atomic E-state index is 14.3. The lowest BCUT2D eigenvalue weighted by Crippen LogP contribution is -2.37. The number of Topliss-reactive ketones (excluding diaryl/α,β-unsaturated/α-hetero) is 2. The van der Waals surface area contributed by atoms with E-state index in [1.165, 1.54) is 78.9 Å². The fourth-order valence-electron chi connectivity index (χ4n) is 4.57. The lowest BCUT2D eigenvalue weighted by atomic mass is 10.1. The zero-order valence-corrected chi connectivity index (χ0v) is 24.6. The van der Waals surface area contributed by atoms with Crippen molar-refractivity contribution < 1.29 is 26.4 Å². The van der Waals surface area contributed by atoms with Crippen LogP contribution in [0.15, 0.2) is 144 Å². The van der Waals surface area contributed by atoms with Crippen molar-refractivity contribution in [3.8, 4) is 0 Å². The molecule has 8 nitrogen and oxygen atoms in total. The van der Waals surface area contributed by atoms with Gasteiger partial charge in [-0.25, -0.2) is 25.4 Å². The molecular formula is C32H28N2O6S2. The second-order valence-corrected chi connectivity index (χ2v) is 12.5. The average molecular weight is 601 g/mol. The van der Waals surface area contributed by atoms with Gasteiger partial charge in [0, 0.05) is 11.1 Å². The van der Waals surface area contributed by atoms with Gasteiger partial charge in [-0.15, -0.1) is 0 Å². The van der Waals surface area contributed by atoms with E-state index in [0.717, 1.165) is 8.61 Å². The Hall–Kier alpha value is -4.80. The van der Waals surface area contributed by atoms with E-state index in [1.54, 1.807) is 44.2 Å². The molecule has 0 aliphatic carbocycles. The molecule has 4 rings (SSSR count). The van der Waals surface area contributed by atoms with Gasteiger partial charge in [0.15, 0.2) is 0 Å². The number of sulfonamides is 2. The van der Waals surface area contributed by atoms with Gasteiger partial charge in [-0.2, -0.15) is 0 Å². The first-order valence-electron chi connectivity index (χ1n) is 12.8. The number of nitrogens with zero attached hydrogens (tertiary/aromatic N) is 2. The Morgan fingerprint density at radius 2 is 1.12 bits per heavy atom. The molecule has 0 saturated heterocycles. The third-order valence-corrected chi connectivity index (χ3v) is 9.79. The maximum Gasteiger partial charge on any atom is 0.268 e. The number of carbonyl (C=O) groups is 2. The lowest BCUT2D eigenvalue weighted by Gasteiger charge is -2.26. The topological polar surface area (TPSA) is 109 Å². The monoisotopic (exact) mass is 600 g/mol. The smallest absolute Gasteiger partial charge is 0.268 e. The van der Waals surface area contributed by atoms with E-state index in [-0.39, 0.29) is 32.3 Å². The fourth-order valence-corrected chi connectivity index (χ4v) is 7.73. The first kappa shape index (κ1) is 30.2. The number of rotatable bonds is 9. The molecule has 2 aromatic rings. The van der Waals surface area contributed by atoms with Crippen molar-refractivity contribution in [2.45, 2.75) is 13.8 Å². The number of para-hydroxylation sites is 2. The predicted octanol–water partition coefficient (Wildman–Crippen LogP) is 6.11. The zero-order chi connectivity index (χ0) is 30.7. The molecule has 2 heterocycles. The molecule has 2 aromatic carbocycles. The van der Waals surface area contributed by atoms with Crippen LogP contribution in [0.2, 0.25) is 0 Å². The normalized spacial score (nSPS) is 18.0. The third-order valence-electron chi connectivity index (χ3n) is 6.33. The second kappa shape index (κ2) is 12.0. The Balaban J connectivity index is 2.16. The van der Waals surface area contributed by atoms with Crippen LogP contribution < -0.4 is 8.61 Å². The lowest BCUT2D eigenvalue weighted by molar-refractivity contribution is 0.101. The highest BCUT2D eigenvalue weighted by Crippen LogP contribution is 2.46. The van der Waals surface area contributed by atoms with Crippen molar-refractivity contribution in [3.63, 3.8) is 0 Å². The molecule has 0 saturated carbocycles. The van der Waals surface area contributed by atoms with Gasteiger partial charge < -0.3 is 0 Å². The van der Waals surface area contributed by atoms with Crippen LogP contribution in [0.3, 0.4) is 0 Å². The number of hydrogen-bond acceptors (Lipinski definition) is 6. The van der Waals surface area contributed by atoms with Crippen LogP contribution in [0.4, 0.5) is 11.4 Å². The van der Waals surface area contributed by atoms with Gasteiger partial charge in [0.2, 0.25) is 11.6 Å². The van der Waals surface area contributed by atoms with Crippen LogP contribution in [0.25, 0.3) is 0 Å². The number of anilines is 2. The summed E-state index contributed by atoms with van der Waals surface area (Å²) in [5.41, 5.74) is -1.23. The second-order valence-electron chi connectivity index (χ2n) is 8.92. The Labute approximate surface area is 246 Å². The standard InChI is InChI=1S/C32H28N2O6S2/c1-5-9-17-23(15-7-3)41(37,38)33-27-21-13-11-19-25(27)31(35)29(33)30-32(36)26-20-12-14-22-28(26)34(30)42(39,40)24(16-8-4)18-10-6-2/h5-22H,1,3H2,2,4H3/b10-6-,16-8-,17-9-,23-15+,24-18+,30-29+. The summed E-state index contributed by atoms with van der Waals surface area (Å²) in [7, 11) is -9.14. The predicted molar refractivity (Wildman–Crippen MR) is 167 cm³/mol. The SMILES string of the molecule is C=C/C=C\C(=C/C=C)S(=O)(=O)N1/C(=C2\C(=O)c3ccccc3N2S(=O)(=O)C(/C=C\C)=C/C=C\C)C(=O)c2ccccc21. The molecule has 0 radical (unpaired) electrons. The van der Waals surface area contributed by atoms with Gasteiger partial charge in [-0.1, -0.05) is 73.9 Å². The molecule has 0 atom stereocenters. The third kappa shape index (κ3) is 4.95. The van der Waals surface area contributed by atoms with Crippen LogP contribution in [0.5, 0.6) is 0 Å². The summed E-state index contributed by atoms with van der Waals surface area (Å²) in [4.78, 5) is 27.6. The van der Waals surface area contributed by atoms with Crippen molar-refractivity contribution in [2.75, 3.05) is 8.61 Å². The van der Waals surface area contributed by atoms with Crippen molar-refractivity contribution in [3.05, 3.63) is 155 Å². The summed E-state index contributed by atoms with van der Waals surface area (Å²) < 4.78 is 58.5. The molecule has 0 spiro atoms. The molecule has 2 aliphatic rings. The van der Waals surface area contributed by atoms with E-state index >= 15 is 0 Å². The molecule has 0 aromatic heterocycles. The van der Waals surface area contributed by atoms with Crippen molar-refractivity contribution in [1.82, 2.24) is 0 Å². The molecule has 0 amide bonds. The summed E-state index contributed by atoms with van der Waals surface area (Å²) in [6.45, 7) is 10.5. The van der Waals surface area contributed by atoms with Crippen LogP contribution in [-0.2, 0) is 20.0 Å². The highest BCUT2D eigenvalue weighted by molar-refractivity contribution is 7.97. The summed E-state index contributed by atoms with van der Waals surface area (Å²) in [5, 5.41) is 0. The molecule has 10 heteroatoms. The van der Waals surface area contributed by atoms with Gasteiger partial charge in [0.25, 0.3) is 20.0 Å². The molecule has 42 heavy (non-hydrogen) atoms. The van der Waals surface area contributed by atoms with Crippen molar-refractivity contribution >= 4 is 43.0 Å². The number of allylic oxidation sites excluding steroid dienone is 12. The van der Waals surface area contributed by atoms with Gasteiger partial charge >= 0.3 is 0 Å². The Kier molecular flexibility index (Phi) is 8.60. The van der Waals surface area contributed by atoms with Crippen LogP contribution in [-0.4, -0.2) is 28.4 Å². The minimum atomic E-state index is -4.60. The van der Waals surface area contributed by atoms with Crippen LogP contribution in [0, 0.1) is 0 Å². The van der Waals surface area contributed by atoms with E-state index in [9.17, 15) is 26.4 Å². The Morgan fingerprint density at radius 3 is 1.55 bits per heavy atom. The van der Waals surface area contributed by atoms with Crippen molar-refractivity contribution in [1.29, 1.82) is 0 Å². The first-order chi connectivity index (χ1) is 20.1. The highest BCUT2D eigenvalue weighted by Gasteiger charge is 2.50. The molecule has 0 fully saturated rings. The Morgan fingerprint density at radius 1 is 0.643 bits per heavy atom. The van der Waals surface area contributed by atoms with Crippen LogP contribution >= 0.6 is 0 Å². The minimum Gasteiger partial charge on any atom is -0.287 e. The average Bonchev–Trinajstić information content (AvgIpc) is 3.44. The molecule has 0 N–H and O–H groups in total. The van der Waals surface area contributed by atoms with Crippen molar-refractivity contribution in [2.24, 2.45) is 0 Å². The van der Waals surface area contributed by atoms with E-state index in [1.807, 2.05) is 0 Å². The molecular weight excluding hydrogens is 572 g/mol. The number of benzene rings is 2. The summed E-state index contributed by atoms with van der Waals surface area (Å²) >= 11 is 0. The summed E-state index contributed by atoms with van der Waals surface area (Å²) in [6, 6.07) is 11.9. The van der Waals surface area contributed by atoms with E-state index in [0.29, 0.717) is 0 Å². The summed E-state index contributed by atoms with van der Waals surface area (Å²) in [5.74, 6) is -1.63. The first-order valence-corrected chi connectivity index (χ1v) is 15.7. The molecule has 0 unspecified atom stereocenters. The number of ketones is 2. The molecule has 0 bridgehead atoms. The quantitative estimate of drug-likeness (QED) is 0.254. The Bertz CT molecular complexity index is 1800. The zero-order valence-electron chi connectivity index (χ0n) is 23.0. The number of fused-ring (bicyclic) bond motifs is 2. The van der Waals surface area contributed by atoms with Gasteiger partial charge in [-0.3, -0.25) is 9.59 Å².